The summed E-state index contributed by atoms with van der Waals surface area (Å²) in [6.45, 7) is 0. The van der Waals surface area contributed by atoms with Gasteiger partial charge in [0.05, 0.1) is 21.0 Å². The van der Waals surface area contributed by atoms with Gasteiger partial charge in [-0.05, 0) is 12.1 Å². The minimum atomic E-state index is -0.591. The van der Waals surface area contributed by atoms with Gasteiger partial charge >= 0.3 is 0 Å². The molecule has 0 heterocycles. The molecule has 0 saturated heterocycles. The number of non-ortho nitro benzene ring substituents is 2. The fourth-order valence-electron chi connectivity index (χ4n) is 1.67. The number of nitro benzene ring substituents is 2. The van der Waals surface area contributed by atoms with E-state index in [0.29, 0.717) is 9.79 Å². The summed E-state index contributed by atoms with van der Waals surface area (Å²) in [5.41, 5.74) is -0.0906. The lowest BCUT2D eigenvalue weighted by molar-refractivity contribution is -0.385. The molecule has 0 atom stereocenters. The average Bonchev–Trinajstić information content (AvgIpc) is 2.59. The standard InChI is InChI=1S/C14H6N4O4S2/c15-7-9-5-11(17(19)20)1-3-13(9)23-24-14-4-2-12(18(21)22)6-10(14)8-16/h1-6H. The Morgan fingerprint density at radius 2 is 1.17 bits per heavy atom. The maximum absolute atomic E-state index is 10.7. The largest absolute Gasteiger partial charge is 0.270 e. The third kappa shape index (κ3) is 3.81. The summed E-state index contributed by atoms with van der Waals surface area (Å²) in [5.74, 6) is 0. The van der Waals surface area contributed by atoms with Crippen molar-refractivity contribution in [1.29, 1.82) is 10.5 Å². The first-order valence-electron chi connectivity index (χ1n) is 6.18. The van der Waals surface area contributed by atoms with Crippen molar-refractivity contribution in [1.82, 2.24) is 0 Å². The summed E-state index contributed by atoms with van der Waals surface area (Å²) in [4.78, 5) is 21.3. The van der Waals surface area contributed by atoms with Crippen molar-refractivity contribution in [2.24, 2.45) is 0 Å². The zero-order chi connectivity index (χ0) is 17.7. The number of hydrogen-bond donors (Lipinski definition) is 0. The zero-order valence-electron chi connectivity index (χ0n) is 11.7. The Kier molecular flexibility index (Phi) is 5.37. The highest BCUT2D eigenvalue weighted by atomic mass is 33.1. The lowest BCUT2D eigenvalue weighted by Crippen LogP contribution is -1.90. The first-order valence-corrected chi connectivity index (χ1v) is 8.33. The van der Waals surface area contributed by atoms with Crippen LogP contribution in [0, 0.1) is 42.9 Å². The maximum atomic E-state index is 10.7. The van der Waals surface area contributed by atoms with E-state index in [9.17, 15) is 20.2 Å². The topological polar surface area (TPSA) is 134 Å². The molecule has 0 N–H and O–H groups in total. The van der Waals surface area contributed by atoms with Gasteiger partial charge in [-0.2, -0.15) is 10.5 Å². The molecule has 0 bridgehead atoms. The van der Waals surface area contributed by atoms with E-state index in [0.717, 1.165) is 21.6 Å². The van der Waals surface area contributed by atoms with E-state index in [1.165, 1.54) is 36.4 Å². The molecule has 0 spiro atoms. The SMILES string of the molecule is N#Cc1cc([N+](=O)[O-])ccc1SSc1ccc([N+](=O)[O-])cc1C#N. The molecular formula is C14H6N4O4S2. The minimum absolute atomic E-state index is 0.141. The van der Waals surface area contributed by atoms with Crippen LogP contribution in [-0.2, 0) is 0 Å². The van der Waals surface area contributed by atoms with E-state index < -0.39 is 9.85 Å². The summed E-state index contributed by atoms with van der Waals surface area (Å²) in [5, 5.41) is 39.6. The maximum Gasteiger partial charge on any atom is 0.270 e. The molecule has 118 valence electrons. The van der Waals surface area contributed by atoms with Crippen molar-refractivity contribution in [3.63, 3.8) is 0 Å². The van der Waals surface area contributed by atoms with Gasteiger partial charge in [-0.3, -0.25) is 20.2 Å². The number of nitriles is 2. The summed E-state index contributed by atoms with van der Waals surface area (Å²) < 4.78 is 0. The molecule has 2 aromatic rings. The van der Waals surface area contributed by atoms with Crippen molar-refractivity contribution in [3.8, 4) is 12.1 Å². The van der Waals surface area contributed by atoms with Gasteiger partial charge in [0, 0.05) is 34.1 Å². The third-order valence-electron chi connectivity index (χ3n) is 2.81. The van der Waals surface area contributed by atoms with Crippen molar-refractivity contribution < 1.29 is 9.85 Å². The van der Waals surface area contributed by atoms with Crippen LogP contribution in [0.15, 0.2) is 46.2 Å². The van der Waals surface area contributed by atoms with Gasteiger partial charge in [0.2, 0.25) is 0 Å². The number of nitrogens with zero attached hydrogens (tertiary/aromatic N) is 4. The van der Waals surface area contributed by atoms with Gasteiger partial charge < -0.3 is 0 Å². The van der Waals surface area contributed by atoms with E-state index in [-0.39, 0.29) is 22.5 Å². The Balaban J connectivity index is 2.26. The van der Waals surface area contributed by atoms with Crippen molar-refractivity contribution in [2.45, 2.75) is 9.79 Å². The minimum Gasteiger partial charge on any atom is -0.258 e. The Morgan fingerprint density at radius 1 is 0.792 bits per heavy atom. The molecule has 0 radical (unpaired) electrons. The highest BCUT2D eigenvalue weighted by Crippen LogP contribution is 2.41. The summed E-state index contributed by atoms with van der Waals surface area (Å²) in [6, 6.07) is 11.6. The average molecular weight is 358 g/mol. The Labute approximate surface area is 143 Å². The van der Waals surface area contributed by atoms with Crippen LogP contribution in [-0.4, -0.2) is 9.85 Å². The number of hydrogen-bond acceptors (Lipinski definition) is 8. The van der Waals surface area contributed by atoms with Crippen molar-refractivity contribution >= 4 is 33.0 Å². The molecule has 0 fully saturated rings. The second kappa shape index (κ2) is 7.46. The van der Waals surface area contributed by atoms with Crippen molar-refractivity contribution in [3.05, 3.63) is 67.8 Å². The molecule has 8 nitrogen and oxygen atoms in total. The quantitative estimate of drug-likeness (QED) is 0.444. The molecule has 0 aliphatic heterocycles. The fraction of sp³-hybridized carbons (Fsp3) is 0. The highest BCUT2D eigenvalue weighted by molar-refractivity contribution is 8.76. The summed E-state index contributed by atoms with van der Waals surface area (Å²) in [7, 11) is 2.28. The second-order valence-corrected chi connectivity index (χ2v) is 6.48. The smallest absolute Gasteiger partial charge is 0.258 e. The molecule has 0 unspecified atom stereocenters. The van der Waals surface area contributed by atoms with Crippen LogP contribution in [0.5, 0.6) is 0 Å². The third-order valence-corrected chi connectivity index (χ3v) is 5.29. The van der Waals surface area contributed by atoms with E-state index in [1.54, 1.807) is 0 Å². The molecule has 0 aliphatic carbocycles. The van der Waals surface area contributed by atoms with Gasteiger partial charge in [0.15, 0.2) is 0 Å². The van der Waals surface area contributed by atoms with Gasteiger partial charge in [0.1, 0.15) is 12.1 Å². The Hall–Kier alpha value is -3.08. The predicted octanol–water partition coefficient (Wildman–Crippen LogP) is 4.05. The molecule has 2 aromatic carbocycles. The van der Waals surface area contributed by atoms with Crippen LogP contribution in [0.3, 0.4) is 0 Å². The van der Waals surface area contributed by atoms with E-state index in [1.807, 2.05) is 12.1 Å². The Bertz CT molecular complexity index is 842. The first-order chi connectivity index (χ1) is 11.5. The number of rotatable bonds is 5. The number of benzene rings is 2. The van der Waals surface area contributed by atoms with Gasteiger partial charge in [0.25, 0.3) is 11.4 Å². The molecule has 0 amide bonds. The number of nitro groups is 2. The van der Waals surface area contributed by atoms with Crippen LogP contribution in [0.4, 0.5) is 11.4 Å². The second-order valence-electron chi connectivity index (χ2n) is 4.27. The molecule has 0 aromatic heterocycles. The van der Waals surface area contributed by atoms with Crippen LogP contribution in [0.1, 0.15) is 11.1 Å². The summed E-state index contributed by atoms with van der Waals surface area (Å²) in [6.07, 6.45) is 0. The molecular weight excluding hydrogens is 352 g/mol. The van der Waals surface area contributed by atoms with Crippen LogP contribution in [0.25, 0.3) is 0 Å². The lowest BCUT2D eigenvalue weighted by atomic mass is 10.2. The molecule has 2 rings (SSSR count). The molecule has 24 heavy (non-hydrogen) atoms. The molecule has 0 saturated carbocycles. The summed E-state index contributed by atoms with van der Waals surface area (Å²) >= 11 is 0. The van der Waals surface area contributed by atoms with Crippen molar-refractivity contribution in [2.75, 3.05) is 0 Å². The van der Waals surface area contributed by atoms with E-state index in [4.69, 9.17) is 10.5 Å². The van der Waals surface area contributed by atoms with E-state index >= 15 is 0 Å². The van der Waals surface area contributed by atoms with Gasteiger partial charge in [-0.25, -0.2) is 0 Å². The highest BCUT2D eigenvalue weighted by Gasteiger charge is 2.14. The predicted molar refractivity (Wildman–Crippen MR) is 87.3 cm³/mol. The van der Waals surface area contributed by atoms with Crippen LogP contribution >= 0.6 is 21.6 Å². The molecule has 0 aliphatic rings. The molecule has 10 heteroatoms. The zero-order valence-corrected chi connectivity index (χ0v) is 13.3. The van der Waals surface area contributed by atoms with E-state index in [2.05, 4.69) is 0 Å². The Morgan fingerprint density at radius 3 is 1.46 bits per heavy atom. The monoisotopic (exact) mass is 358 g/mol. The van der Waals surface area contributed by atoms with Gasteiger partial charge in [-0.15, -0.1) is 0 Å². The first kappa shape index (κ1) is 17.3. The lowest BCUT2D eigenvalue weighted by Gasteiger charge is -2.05. The van der Waals surface area contributed by atoms with Crippen LogP contribution in [0.2, 0.25) is 0 Å². The fourth-order valence-corrected chi connectivity index (χ4v) is 3.90. The van der Waals surface area contributed by atoms with Crippen LogP contribution < -0.4 is 0 Å². The van der Waals surface area contributed by atoms with Gasteiger partial charge in [-0.1, -0.05) is 21.6 Å². The normalized spacial score (nSPS) is 9.75.